The summed E-state index contributed by atoms with van der Waals surface area (Å²) in [6.07, 6.45) is 1.52. The van der Waals surface area contributed by atoms with Crippen LogP contribution in [0.5, 0.6) is 5.75 Å². The first-order valence-corrected chi connectivity index (χ1v) is 11.1. The van der Waals surface area contributed by atoms with Crippen LogP contribution >= 0.6 is 11.8 Å². The molecule has 156 valence electrons. The Kier molecular flexibility index (Phi) is 6.58. The van der Waals surface area contributed by atoms with Crippen molar-refractivity contribution in [3.8, 4) is 5.75 Å². The maximum Gasteiger partial charge on any atom is 0.330 e. The molecule has 0 aliphatic rings. The minimum atomic E-state index is -0.431. The largest absolute Gasteiger partial charge is 0.488 e. The van der Waals surface area contributed by atoms with Crippen LogP contribution in [0.25, 0.3) is 21.5 Å². The molecule has 3 nitrogen and oxygen atoms in total. The Balaban J connectivity index is 1.73. The summed E-state index contributed by atoms with van der Waals surface area (Å²) in [4.78, 5) is 14.0. The Labute approximate surface area is 186 Å². The summed E-state index contributed by atoms with van der Waals surface area (Å²) in [6, 6.07) is 27.1. The number of hydrogen-bond donors (Lipinski definition) is 0. The molecule has 0 spiro atoms. The van der Waals surface area contributed by atoms with Crippen molar-refractivity contribution in [3.63, 3.8) is 0 Å². The van der Waals surface area contributed by atoms with Crippen LogP contribution in [0, 0.1) is 0 Å². The fourth-order valence-electron chi connectivity index (χ4n) is 3.47. The van der Waals surface area contributed by atoms with Gasteiger partial charge in [0.1, 0.15) is 18.5 Å². The van der Waals surface area contributed by atoms with Crippen LogP contribution in [-0.4, -0.2) is 18.7 Å². The number of hydrogen-bond acceptors (Lipinski definition) is 4. The van der Waals surface area contributed by atoms with Crippen LogP contribution in [0.4, 0.5) is 0 Å². The van der Waals surface area contributed by atoms with Gasteiger partial charge in [0.25, 0.3) is 0 Å². The predicted molar refractivity (Wildman–Crippen MR) is 128 cm³/mol. The number of rotatable bonds is 8. The van der Waals surface area contributed by atoms with Gasteiger partial charge in [-0.05, 0) is 47.5 Å². The molecule has 0 aliphatic carbocycles. The van der Waals surface area contributed by atoms with Gasteiger partial charge in [0, 0.05) is 26.6 Å². The summed E-state index contributed by atoms with van der Waals surface area (Å²) < 4.78 is 11.7. The van der Waals surface area contributed by atoms with Crippen LogP contribution in [0.3, 0.4) is 0 Å². The first kappa shape index (κ1) is 21.0. The highest BCUT2D eigenvalue weighted by Gasteiger charge is 2.15. The lowest BCUT2D eigenvalue weighted by Crippen LogP contribution is -2.23. The maximum absolute atomic E-state index is 11.6. The van der Waals surface area contributed by atoms with Crippen LogP contribution in [0.2, 0.25) is 0 Å². The van der Waals surface area contributed by atoms with Crippen molar-refractivity contribution >= 4 is 39.3 Å². The Morgan fingerprint density at radius 3 is 2.45 bits per heavy atom. The van der Waals surface area contributed by atoms with Crippen molar-refractivity contribution in [2.75, 3.05) is 6.61 Å². The summed E-state index contributed by atoms with van der Waals surface area (Å²) in [5.41, 5.74) is 0. The van der Waals surface area contributed by atoms with Gasteiger partial charge in [-0.15, -0.1) is 0 Å². The summed E-state index contributed by atoms with van der Waals surface area (Å²) in [6.45, 7) is 5.73. The molecule has 4 aromatic carbocycles. The molecule has 4 aromatic rings. The number of ether oxygens (including phenoxy) is 2. The molecule has 0 aromatic heterocycles. The second-order valence-electron chi connectivity index (χ2n) is 7.21. The Bertz CT molecular complexity index is 1220. The number of benzene rings is 4. The Hall–Kier alpha value is -3.24. The second-order valence-corrected chi connectivity index (χ2v) is 8.35. The van der Waals surface area contributed by atoms with E-state index in [9.17, 15) is 4.79 Å². The van der Waals surface area contributed by atoms with Crippen LogP contribution in [-0.2, 0) is 9.53 Å². The lowest BCUT2D eigenvalue weighted by Gasteiger charge is -2.19. The fraction of sp³-hybridized carbons (Fsp3) is 0.148. The van der Waals surface area contributed by atoms with Gasteiger partial charge in [0.15, 0.2) is 0 Å². The van der Waals surface area contributed by atoms with E-state index >= 15 is 0 Å². The monoisotopic (exact) mass is 428 g/mol. The standard InChI is InChI=1S/C27H24O3S/c1-3-21(30-26(28)4-2)18-29-27-24-13-9-8-10-19(24)16-20-14-15-23(17-25(20)27)31-22-11-6-5-7-12-22/h4-17,21H,2-3,18H2,1H3. The minimum absolute atomic E-state index is 0.287. The molecule has 0 fully saturated rings. The van der Waals surface area contributed by atoms with Crippen molar-refractivity contribution in [2.45, 2.75) is 29.2 Å². The number of carbonyl (C=O) groups is 1. The molecular formula is C27H24O3S. The third kappa shape index (κ3) is 4.92. The second kappa shape index (κ2) is 9.71. The van der Waals surface area contributed by atoms with E-state index in [-0.39, 0.29) is 12.7 Å². The average Bonchev–Trinajstić information content (AvgIpc) is 2.81. The first-order valence-electron chi connectivity index (χ1n) is 10.3. The van der Waals surface area contributed by atoms with Gasteiger partial charge >= 0.3 is 5.97 Å². The number of fused-ring (bicyclic) bond motifs is 2. The fourth-order valence-corrected chi connectivity index (χ4v) is 4.35. The van der Waals surface area contributed by atoms with Gasteiger partial charge in [-0.1, -0.05) is 73.8 Å². The minimum Gasteiger partial charge on any atom is -0.488 e. The molecule has 4 heteroatoms. The molecule has 0 saturated carbocycles. The predicted octanol–water partition coefficient (Wildman–Crippen LogP) is 7.03. The molecule has 1 unspecified atom stereocenters. The van der Waals surface area contributed by atoms with E-state index in [0.29, 0.717) is 6.42 Å². The van der Waals surface area contributed by atoms with Crippen molar-refractivity contribution in [3.05, 3.63) is 91.5 Å². The molecular weight excluding hydrogens is 404 g/mol. The first-order chi connectivity index (χ1) is 15.2. The van der Waals surface area contributed by atoms with E-state index < -0.39 is 5.97 Å². The van der Waals surface area contributed by atoms with Crippen molar-refractivity contribution in [1.82, 2.24) is 0 Å². The third-order valence-corrected chi connectivity index (χ3v) is 6.08. The highest BCUT2D eigenvalue weighted by atomic mass is 32.2. The maximum atomic E-state index is 11.6. The van der Waals surface area contributed by atoms with Crippen molar-refractivity contribution in [2.24, 2.45) is 0 Å². The SMILES string of the molecule is C=CC(=O)OC(CC)COc1c2ccccc2cc2ccc(Sc3ccccc3)cc12. The van der Waals surface area contributed by atoms with Crippen LogP contribution in [0.1, 0.15) is 13.3 Å². The highest BCUT2D eigenvalue weighted by molar-refractivity contribution is 7.99. The van der Waals surface area contributed by atoms with E-state index in [1.807, 2.05) is 37.3 Å². The summed E-state index contributed by atoms with van der Waals surface area (Å²) >= 11 is 1.72. The molecule has 0 saturated heterocycles. The molecule has 31 heavy (non-hydrogen) atoms. The normalized spacial score (nSPS) is 11.9. The molecule has 4 rings (SSSR count). The molecule has 0 aliphatic heterocycles. The van der Waals surface area contributed by atoms with Gasteiger partial charge in [-0.2, -0.15) is 0 Å². The molecule has 0 bridgehead atoms. The van der Waals surface area contributed by atoms with E-state index in [0.717, 1.165) is 32.2 Å². The molecule has 0 heterocycles. The zero-order chi connectivity index (χ0) is 21.6. The van der Waals surface area contributed by atoms with Gasteiger partial charge in [0.2, 0.25) is 0 Å². The number of esters is 1. The smallest absolute Gasteiger partial charge is 0.330 e. The Morgan fingerprint density at radius 1 is 0.935 bits per heavy atom. The molecule has 1 atom stereocenters. The molecule has 0 radical (unpaired) electrons. The third-order valence-electron chi connectivity index (χ3n) is 5.08. The number of carbonyl (C=O) groups excluding carboxylic acids is 1. The van der Waals surface area contributed by atoms with E-state index in [1.54, 1.807) is 11.8 Å². The molecule has 0 amide bonds. The van der Waals surface area contributed by atoms with Crippen molar-refractivity contribution in [1.29, 1.82) is 0 Å². The summed E-state index contributed by atoms with van der Waals surface area (Å²) in [5, 5.41) is 4.32. The molecule has 0 N–H and O–H groups in total. The lowest BCUT2D eigenvalue weighted by atomic mass is 10.0. The van der Waals surface area contributed by atoms with Gasteiger partial charge in [0.05, 0.1) is 0 Å². The van der Waals surface area contributed by atoms with E-state index in [2.05, 4.69) is 55.1 Å². The van der Waals surface area contributed by atoms with Gasteiger partial charge in [-0.3, -0.25) is 0 Å². The van der Waals surface area contributed by atoms with Crippen molar-refractivity contribution < 1.29 is 14.3 Å². The zero-order valence-electron chi connectivity index (χ0n) is 17.4. The summed E-state index contributed by atoms with van der Waals surface area (Å²) in [7, 11) is 0. The quantitative estimate of drug-likeness (QED) is 0.171. The van der Waals surface area contributed by atoms with Gasteiger partial charge in [-0.25, -0.2) is 4.79 Å². The topological polar surface area (TPSA) is 35.5 Å². The highest BCUT2D eigenvalue weighted by Crippen LogP contribution is 2.38. The summed E-state index contributed by atoms with van der Waals surface area (Å²) in [5.74, 6) is 0.386. The lowest BCUT2D eigenvalue weighted by molar-refractivity contribution is -0.144. The Morgan fingerprint density at radius 2 is 1.68 bits per heavy atom. The average molecular weight is 429 g/mol. The zero-order valence-corrected chi connectivity index (χ0v) is 18.2. The van der Waals surface area contributed by atoms with E-state index in [1.165, 1.54) is 11.0 Å². The van der Waals surface area contributed by atoms with Crippen LogP contribution in [0.15, 0.2) is 101 Å². The van der Waals surface area contributed by atoms with Gasteiger partial charge < -0.3 is 9.47 Å². The van der Waals surface area contributed by atoms with E-state index in [4.69, 9.17) is 9.47 Å². The van der Waals surface area contributed by atoms with Crippen LogP contribution < -0.4 is 4.74 Å².